The van der Waals surface area contributed by atoms with E-state index in [-0.39, 0.29) is 0 Å². The van der Waals surface area contributed by atoms with Gasteiger partial charge in [0.15, 0.2) is 0 Å². The Kier molecular flexibility index (Phi) is 6.32. The summed E-state index contributed by atoms with van der Waals surface area (Å²) in [5, 5.41) is 0. The normalized spacial score (nSPS) is 26.6. The van der Waals surface area contributed by atoms with Crippen molar-refractivity contribution < 1.29 is 0 Å². The number of hydrogen-bond acceptors (Lipinski definition) is 3. The zero-order chi connectivity index (χ0) is 12.0. The summed E-state index contributed by atoms with van der Waals surface area (Å²) in [5.74, 6) is 0.685. The molecule has 0 saturated carbocycles. The van der Waals surface area contributed by atoms with Crippen LogP contribution in [0.3, 0.4) is 0 Å². The molecule has 1 aliphatic heterocycles. The smallest absolute Gasteiger partial charge is 0.0194 e. The molecular formula is C13H29N3. The van der Waals surface area contributed by atoms with Crippen LogP contribution < -0.4 is 5.73 Å². The fraction of sp³-hybridized carbons (Fsp3) is 1.00. The van der Waals surface area contributed by atoms with E-state index < -0.39 is 0 Å². The van der Waals surface area contributed by atoms with Gasteiger partial charge in [0.25, 0.3) is 0 Å². The van der Waals surface area contributed by atoms with Crippen molar-refractivity contribution in [1.29, 1.82) is 0 Å². The van der Waals surface area contributed by atoms with Gasteiger partial charge in [-0.05, 0) is 65.3 Å². The second-order valence-corrected chi connectivity index (χ2v) is 5.48. The predicted octanol–water partition coefficient (Wildman–Crippen LogP) is 1.39. The minimum Gasteiger partial charge on any atom is -0.330 e. The van der Waals surface area contributed by atoms with Crippen LogP contribution in [0.15, 0.2) is 0 Å². The first kappa shape index (κ1) is 13.9. The molecule has 96 valence electrons. The van der Waals surface area contributed by atoms with Crippen LogP contribution in [0.1, 0.15) is 33.1 Å². The Labute approximate surface area is 101 Å². The number of nitrogens with two attached hydrogens (primary N) is 1. The summed E-state index contributed by atoms with van der Waals surface area (Å²) in [7, 11) is 2.23. The first-order valence-electron chi connectivity index (χ1n) is 6.76. The number of rotatable bonds is 5. The largest absolute Gasteiger partial charge is 0.330 e. The molecular weight excluding hydrogens is 198 g/mol. The summed E-state index contributed by atoms with van der Waals surface area (Å²) in [4.78, 5) is 5.10. The zero-order valence-electron chi connectivity index (χ0n) is 11.3. The number of likely N-dealkylation sites (N-methyl/N-ethyl adjacent to an activating group) is 1. The van der Waals surface area contributed by atoms with Gasteiger partial charge in [0.2, 0.25) is 0 Å². The van der Waals surface area contributed by atoms with Crippen LogP contribution in [0.2, 0.25) is 0 Å². The van der Waals surface area contributed by atoms with Gasteiger partial charge in [-0.1, -0.05) is 6.92 Å². The van der Waals surface area contributed by atoms with Crippen molar-refractivity contribution in [3.63, 3.8) is 0 Å². The lowest BCUT2D eigenvalue weighted by atomic mass is 10.1. The van der Waals surface area contributed by atoms with Crippen LogP contribution in [-0.2, 0) is 0 Å². The van der Waals surface area contributed by atoms with Crippen LogP contribution in [0, 0.1) is 5.92 Å². The summed E-state index contributed by atoms with van der Waals surface area (Å²) in [6, 6.07) is 0.709. The third-order valence-electron chi connectivity index (χ3n) is 3.73. The molecule has 0 aromatic heterocycles. The average Bonchev–Trinajstić information content (AvgIpc) is 2.40. The average molecular weight is 227 g/mol. The molecule has 0 aromatic carbocycles. The lowest BCUT2D eigenvalue weighted by Crippen LogP contribution is -2.38. The van der Waals surface area contributed by atoms with Crippen molar-refractivity contribution in [2.24, 2.45) is 11.7 Å². The third kappa shape index (κ3) is 4.81. The summed E-state index contributed by atoms with van der Waals surface area (Å²) in [6.07, 6.45) is 3.88. The van der Waals surface area contributed by atoms with Crippen LogP contribution in [0.5, 0.6) is 0 Å². The molecule has 1 aliphatic rings. The van der Waals surface area contributed by atoms with Crippen molar-refractivity contribution in [3.05, 3.63) is 0 Å². The topological polar surface area (TPSA) is 32.5 Å². The van der Waals surface area contributed by atoms with Crippen molar-refractivity contribution in [3.8, 4) is 0 Å². The highest BCUT2D eigenvalue weighted by atomic mass is 15.2. The van der Waals surface area contributed by atoms with Gasteiger partial charge < -0.3 is 10.6 Å². The van der Waals surface area contributed by atoms with E-state index in [1.54, 1.807) is 0 Å². The van der Waals surface area contributed by atoms with E-state index in [9.17, 15) is 0 Å². The Balaban J connectivity index is 2.24. The molecule has 1 rings (SSSR count). The fourth-order valence-electron chi connectivity index (χ4n) is 2.51. The summed E-state index contributed by atoms with van der Waals surface area (Å²) in [5.41, 5.74) is 5.64. The lowest BCUT2D eigenvalue weighted by Gasteiger charge is -2.28. The summed E-state index contributed by atoms with van der Waals surface area (Å²) >= 11 is 0. The molecule has 1 heterocycles. The quantitative estimate of drug-likeness (QED) is 0.770. The Hall–Kier alpha value is -0.120. The maximum Gasteiger partial charge on any atom is 0.0194 e. The van der Waals surface area contributed by atoms with E-state index in [1.807, 2.05) is 0 Å². The fourth-order valence-corrected chi connectivity index (χ4v) is 2.51. The van der Waals surface area contributed by atoms with Crippen molar-refractivity contribution >= 4 is 0 Å². The SMILES string of the molecule is CC(CN)CCCN1CCCN(C)CC1C. The molecule has 2 atom stereocenters. The zero-order valence-corrected chi connectivity index (χ0v) is 11.3. The van der Waals surface area contributed by atoms with Gasteiger partial charge >= 0.3 is 0 Å². The molecule has 1 fully saturated rings. The van der Waals surface area contributed by atoms with E-state index in [2.05, 4.69) is 30.7 Å². The van der Waals surface area contributed by atoms with Gasteiger partial charge in [0.1, 0.15) is 0 Å². The Morgan fingerprint density at radius 2 is 2.12 bits per heavy atom. The molecule has 0 spiro atoms. The Bertz CT molecular complexity index is 184. The second-order valence-electron chi connectivity index (χ2n) is 5.48. The minimum absolute atomic E-state index is 0.685. The third-order valence-corrected chi connectivity index (χ3v) is 3.73. The van der Waals surface area contributed by atoms with Gasteiger partial charge in [0.05, 0.1) is 0 Å². The highest BCUT2D eigenvalue weighted by Gasteiger charge is 2.18. The van der Waals surface area contributed by atoms with Gasteiger partial charge in [-0.2, -0.15) is 0 Å². The minimum atomic E-state index is 0.685. The van der Waals surface area contributed by atoms with Gasteiger partial charge in [0, 0.05) is 12.6 Å². The first-order chi connectivity index (χ1) is 7.63. The highest BCUT2D eigenvalue weighted by molar-refractivity contribution is 4.75. The summed E-state index contributed by atoms with van der Waals surface area (Å²) < 4.78 is 0. The van der Waals surface area contributed by atoms with Crippen LogP contribution in [0.25, 0.3) is 0 Å². The Morgan fingerprint density at radius 1 is 1.38 bits per heavy atom. The number of nitrogens with zero attached hydrogens (tertiary/aromatic N) is 2. The predicted molar refractivity (Wildman–Crippen MR) is 70.6 cm³/mol. The molecule has 3 heteroatoms. The monoisotopic (exact) mass is 227 g/mol. The molecule has 2 unspecified atom stereocenters. The maximum absolute atomic E-state index is 5.64. The Morgan fingerprint density at radius 3 is 2.81 bits per heavy atom. The molecule has 0 bridgehead atoms. The van der Waals surface area contributed by atoms with Crippen molar-refractivity contribution in [2.45, 2.75) is 39.2 Å². The highest BCUT2D eigenvalue weighted by Crippen LogP contribution is 2.11. The van der Waals surface area contributed by atoms with Crippen molar-refractivity contribution in [2.75, 3.05) is 39.8 Å². The van der Waals surface area contributed by atoms with E-state index in [0.717, 1.165) is 6.54 Å². The van der Waals surface area contributed by atoms with E-state index in [1.165, 1.54) is 45.4 Å². The first-order valence-corrected chi connectivity index (χ1v) is 6.76. The second kappa shape index (κ2) is 7.25. The molecule has 0 aromatic rings. The molecule has 3 nitrogen and oxygen atoms in total. The van der Waals surface area contributed by atoms with Crippen LogP contribution in [-0.4, -0.2) is 55.6 Å². The lowest BCUT2D eigenvalue weighted by molar-refractivity contribution is 0.196. The van der Waals surface area contributed by atoms with Crippen LogP contribution >= 0.6 is 0 Å². The molecule has 0 amide bonds. The van der Waals surface area contributed by atoms with Gasteiger partial charge in [-0.25, -0.2) is 0 Å². The maximum atomic E-state index is 5.64. The van der Waals surface area contributed by atoms with Crippen molar-refractivity contribution in [1.82, 2.24) is 9.80 Å². The molecule has 0 radical (unpaired) electrons. The molecule has 16 heavy (non-hydrogen) atoms. The number of hydrogen-bond donors (Lipinski definition) is 1. The van der Waals surface area contributed by atoms with Gasteiger partial charge in [-0.3, -0.25) is 4.90 Å². The van der Waals surface area contributed by atoms with Gasteiger partial charge in [-0.15, -0.1) is 0 Å². The van der Waals surface area contributed by atoms with E-state index in [4.69, 9.17) is 5.73 Å². The standard InChI is InChI=1S/C13H29N3/c1-12(10-14)6-4-8-16-9-5-7-15(3)11-13(16)2/h12-13H,4-11,14H2,1-3H3. The van der Waals surface area contributed by atoms with Crippen LogP contribution in [0.4, 0.5) is 0 Å². The molecule has 0 aliphatic carbocycles. The molecule has 2 N–H and O–H groups in total. The molecule has 1 saturated heterocycles. The summed E-state index contributed by atoms with van der Waals surface area (Å²) in [6.45, 7) is 10.4. The van der Waals surface area contributed by atoms with E-state index in [0.29, 0.717) is 12.0 Å². The van der Waals surface area contributed by atoms with E-state index >= 15 is 0 Å².